The van der Waals surface area contributed by atoms with Crippen molar-refractivity contribution >= 4 is 55.4 Å². The summed E-state index contributed by atoms with van der Waals surface area (Å²) >= 11 is 4.75. The van der Waals surface area contributed by atoms with Gasteiger partial charge in [0, 0.05) is 10.5 Å². The molecule has 1 aromatic heterocycles. The van der Waals surface area contributed by atoms with Crippen LogP contribution in [0.5, 0.6) is 11.5 Å². The Hall–Kier alpha value is -2.91. The largest absolute Gasteiger partial charge is 0.493 e. The van der Waals surface area contributed by atoms with E-state index in [1.54, 1.807) is 43.1 Å². The molecular weight excluding hydrogens is 472 g/mol. The monoisotopic (exact) mass is 490 g/mol. The van der Waals surface area contributed by atoms with Crippen molar-refractivity contribution in [3.8, 4) is 11.5 Å². The van der Waals surface area contributed by atoms with Gasteiger partial charge in [0.05, 0.1) is 31.5 Å². The van der Waals surface area contributed by atoms with E-state index >= 15 is 0 Å². The zero-order valence-corrected chi connectivity index (χ0v) is 19.0. The molecule has 0 saturated heterocycles. The highest BCUT2D eigenvalue weighted by Crippen LogP contribution is 2.28. The van der Waals surface area contributed by atoms with E-state index in [0.717, 1.165) is 20.3 Å². The quantitative estimate of drug-likeness (QED) is 0.387. The van der Waals surface area contributed by atoms with E-state index in [2.05, 4.69) is 20.9 Å². The molecule has 2 aromatic carbocycles. The number of amides is 1. The summed E-state index contributed by atoms with van der Waals surface area (Å²) in [6.45, 7) is -0.0381. The number of nitrogens with zero attached hydrogens (tertiary/aromatic N) is 2. The SMILES string of the molecule is COC(=O)Cn1c(=NC(=O)C=Cc2ccc(OC)c(OC)c2)sc2cc(Br)ccc21. The van der Waals surface area contributed by atoms with Gasteiger partial charge in [-0.1, -0.05) is 33.3 Å². The first kappa shape index (κ1) is 21.8. The zero-order valence-electron chi connectivity index (χ0n) is 16.5. The van der Waals surface area contributed by atoms with Crippen LogP contribution in [0.1, 0.15) is 5.56 Å². The van der Waals surface area contributed by atoms with Gasteiger partial charge in [-0.25, -0.2) is 0 Å². The molecule has 0 atom stereocenters. The Labute approximate surface area is 185 Å². The number of halogens is 1. The van der Waals surface area contributed by atoms with Crippen LogP contribution in [0.25, 0.3) is 16.3 Å². The second kappa shape index (κ2) is 9.73. The van der Waals surface area contributed by atoms with E-state index in [1.165, 1.54) is 24.5 Å². The number of carbonyl (C=O) groups excluding carboxylic acids is 2. The highest BCUT2D eigenvalue weighted by molar-refractivity contribution is 9.10. The maximum Gasteiger partial charge on any atom is 0.325 e. The van der Waals surface area contributed by atoms with Gasteiger partial charge in [0.25, 0.3) is 5.91 Å². The molecule has 0 bridgehead atoms. The fourth-order valence-electron chi connectivity index (χ4n) is 2.73. The highest BCUT2D eigenvalue weighted by atomic mass is 79.9. The van der Waals surface area contributed by atoms with Crippen molar-refractivity contribution in [1.29, 1.82) is 0 Å². The van der Waals surface area contributed by atoms with Crippen LogP contribution >= 0.6 is 27.3 Å². The molecule has 156 valence electrons. The lowest BCUT2D eigenvalue weighted by molar-refractivity contribution is -0.141. The fourth-order valence-corrected chi connectivity index (χ4v) is 4.32. The third-order valence-electron chi connectivity index (χ3n) is 4.19. The molecule has 0 fully saturated rings. The topological polar surface area (TPSA) is 79.1 Å². The predicted molar refractivity (Wildman–Crippen MR) is 119 cm³/mol. The summed E-state index contributed by atoms with van der Waals surface area (Å²) in [7, 11) is 4.43. The number of methoxy groups -OCH3 is 3. The maximum absolute atomic E-state index is 12.5. The summed E-state index contributed by atoms with van der Waals surface area (Å²) in [5.41, 5.74) is 1.56. The van der Waals surface area contributed by atoms with Crippen molar-refractivity contribution < 1.29 is 23.8 Å². The lowest BCUT2D eigenvalue weighted by atomic mass is 10.2. The second-order valence-electron chi connectivity index (χ2n) is 6.06. The molecule has 3 rings (SSSR count). The molecule has 7 nitrogen and oxygen atoms in total. The number of carbonyl (C=O) groups is 2. The summed E-state index contributed by atoms with van der Waals surface area (Å²) in [5.74, 6) is 0.294. The van der Waals surface area contributed by atoms with Crippen LogP contribution in [0.4, 0.5) is 0 Å². The van der Waals surface area contributed by atoms with Crippen molar-refractivity contribution in [3.05, 3.63) is 57.3 Å². The highest BCUT2D eigenvalue weighted by Gasteiger charge is 2.11. The number of rotatable bonds is 6. The number of aromatic nitrogens is 1. The van der Waals surface area contributed by atoms with E-state index in [0.29, 0.717) is 16.3 Å². The predicted octanol–water partition coefficient (Wildman–Crippen LogP) is 3.80. The van der Waals surface area contributed by atoms with Gasteiger partial charge in [-0.15, -0.1) is 0 Å². The molecule has 0 unspecified atom stereocenters. The fraction of sp³-hybridized carbons (Fsp3) is 0.190. The van der Waals surface area contributed by atoms with Gasteiger partial charge in [-0.2, -0.15) is 4.99 Å². The lowest BCUT2D eigenvalue weighted by Gasteiger charge is -2.07. The number of thiazole rings is 1. The standard InChI is InChI=1S/C21H19BrN2O5S/c1-27-16-8-4-13(10-17(16)28-2)5-9-19(25)23-21-24(12-20(26)29-3)15-7-6-14(22)11-18(15)30-21/h4-11H,12H2,1-3H3. The number of fused-ring (bicyclic) bond motifs is 1. The van der Waals surface area contributed by atoms with Crippen molar-refractivity contribution in [2.75, 3.05) is 21.3 Å². The Morgan fingerprint density at radius 3 is 2.57 bits per heavy atom. The number of esters is 1. The minimum absolute atomic E-state index is 0.0381. The molecule has 3 aromatic rings. The second-order valence-corrected chi connectivity index (χ2v) is 7.98. The van der Waals surface area contributed by atoms with Gasteiger partial charge in [0.15, 0.2) is 16.3 Å². The summed E-state index contributed by atoms with van der Waals surface area (Å²) in [4.78, 5) is 28.9. The molecule has 0 saturated carbocycles. The Kier molecular flexibility index (Phi) is 7.07. The van der Waals surface area contributed by atoms with Crippen LogP contribution in [0.3, 0.4) is 0 Å². The molecule has 30 heavy (non-hydrogen) atoms. The van der Waals surface area contributed by atoms with Crippen molar-refractivity contribution in [2.24, 2.45) is 4.99 Å². The lowest BCUT2D eigenvalue weighted by Crippen LogP contribution is -2.22. The Morgan fingerprint density at radius 2 is 1.87 bits per heavy atom. The first-order chi connectivity index (χ1) is 14.4. The third-order valence-corrected chi connectivity index (χ3v) is 5.73. The summed E-state index contributed by atoms with van der Waals surface area (Å²) in [5, 5.41) is 0. The van der Waals surface area contributed by atoms with E-state index in [-0.39, 0.29) is 6.54 Å². The van der Waals surface area contributed by atoms with Gasteiger partial charge in [-0.05, 0) is 42.0 Å². The normalized spacial score (nSPS) is 11.8. The van der Waals surface area contributed by atoms with E-state index in [9.17, 15) is 9.59 Å². The average Bonchev–Trinajstić information content (AvgIpc) is 3.07. The zero-order chi connectivity index (χ0) is 21.7. The van der Waals surface area contributed by atoms with Crippen LogP contribution in [-0.4, -0.2) is 37.8 Å². The minimum atomic E-state index is -0.450. The molecule has 1 amide bonds. The average molecular weight is 491 g/mol. The smallest absolute Gasteiger partial charge is 0.325 e. The van der Waals surface area contributed by atoms with E-state index in [1.807, 2.05) is 18.2 Å². The van der Waals surface area contributed by atoms with Crippen molar-refractivity contribution in [1.82, 2.24) is 4.57 Å². The summed E-state index contributed by atoms with van der Waals surface area (Å²) in [6.07, 6.45) is 3.01. The van der Waals surface area contributed by atoms with Crippen LogP contribution in [0.15, 0.2) is 51.9 Å². The van der Waals surface area contributed by atoms with Crippen LogP contribution in [0, 0.1) is 0 Å². The molecule has 0 spiro atoms. The van der Waals surface area contributed by atoms with Crippen LogP contribution in [0.2, 0.25) is 0 Å². The van der Waals surface area contributed by atoms with Crippen molar-refractivity contribution in [3.63, 3.8) is 0 Å². The molecule has 1 heterocycles. The third kappa shape index (κ3) is 4.98. The molecule has 0 aliphatic carbocycles. The molecule has 0 aliphatic rings. The molecule has 9 heteroatoms. The van der Waals surface area contributed by atoms with Gasteiger partial charge >= 0.3 is 5.97 Å². The van der Waals surface area contributed by atoms with Gasteiger partial charge in [0.1, 0.15) is 6.54 Å². The van der Waals surface area contributed by atoms with E-state index in [4.69, 9.17) is 14.2 Å². The first-order valence-electron chi connectivity index (χ1n) is 8.79. The Balaban J connectivity index is 1.95. The Bertz CT molecular complexity index is 1200. The molecule has 0 aliphatic heterocycles. The van der Waals surface area contributed by atoms with Gasteiger partial charge < -0.3 is 18.8 Å². The summed E-state index contributed by atoms with van der Waals surface area (Å²) < 4.78 is 18.7. The summed E-state index contributed by atoms with van der Waals surface area (Å²) in [6, 6.07) is 11.0. The number of benzene rings is 2. The van der Waals surface area contributed by atoms with Crippen LogP contribution < -0.4 is 14.3 Å². The first-order valence-corrected chi connectivity index (χ1v) is 10.4. The maximum atomic E-state index is 12.5. The number of hydrogen-bond donors (Lipinski definition) is 0. The van der Waals surface area contributed by atoms with Crippen LogP contribution in [-0.2, 0) is 20.9 Å². The minimum Gasteiger partial charge on any atom is -0.493 e. The number of ether oxygens (including phenoxy) is 3. The van der Waals surface area contributed by atoms with E-state index < -0.39 is 11.9 Å². The van der Waals surface area contributed by atoms with Gasteiger partial charge in [-0.3, -0.25) is 9.59 Å². The molecule has 0 N–H and O–H groups in total. The Morgan fingerprint density at radius 1 is 1.10 bits per heavy atom. The van der Waals surface area contributed by atoms with Crippen molar-refractivity contribution in [2.45, 2.75) is 6.54 Å². The van der Waals surface area contributed by atoms with Gasteiger partial charge in [0.2, 0.25) is 0 Å². The number of hydrogen-bond acceptors (Lipinski definition) is 6. The molecular formula is C21H19BrN2O5S. The molecule has 0 radical (unpaired) electrons.